The molecule has 2 heterocycles. The molecular weight excluding hydrogens is 198 g/mol. The lowest BCUT2D eigenvalue weighted by Crippen LogP contribution is -1.96. The van der Waals surface area contributed by atoms with Gasteiger partial charge >= 0.3 is 0 Å². The summed E-state index contributed by atoms with van der Waals surface area (Å²) in [6.07, 6.45) is 5.48. The Bertz CT molecular complexity index is 463. The first kappa shape index (κ1) is 10.6. The molecule has 3 nitrogen and oxygen atoms in total. The maximum atomic E-state index is 5.63. The number of aromatic nitrogens is 2. The Hall–Kier alpha value is -1.90. The average molecular weight is 213 g/mol. The Labute approximate surface area is 95.4 Å². The normalized spacial score (nSPS) is 10.3. The fourth-order valence-electron chi connectivity index (χ4n) is 1.58. The van der Waals surface area contributed by atoms with E-state index in [1.165, 1.54) is 5.56 Å². The minimum Gasteiger partial charge on any atom is -0.384 e. The topological polar surface area (TPSA) is 51.8 Å². The molecule has 16 heavy (non-hydrogen) atoms. The molecule has 82 valence electrons. The van der Waals surface area contributed by atoms with Crippen LogP contribution in [0.2, 0.25) is 0 Å². The van der Waals surface area contributed by atoms with Crippen LogP contribution in [-0.4, -0.2) is 9.97 Å². The van der Waals surface area contributed by atoms with Gasteiger partial charge < -0.3 is 5.73 Å². The van der Waals surface area contributed by atoms with Crippen LogP contribution in [0.5, 0.6) is 0 Å². The van der Waals surface area contributed by atoms with E-state index in [1.807, 2.05) is 18.3 Å². The first-order valence-electron chi connectivity index (χ1n) is 5.42. The summed E-state index contributed by atoms with van der Waals surface area (Å²) < 4.78 is 0. The number of nitrogen functional groups attached to an aromatic ring is 1. The number of aryl methyl sites for hydroxylation is 1. The van der Waals surface area contributed by atoms with Gasteiger partial charge in [-0.05, 0) is 35.7 Å². The lowest BCUT2D eigenvalue weighted by Gasteiger charge is -2.03. The lowest BCUT2D eigenvalue weighted by molar-refractivity contribution is 1.03. The molecule has 0 aliphatic rings. The number of pyridine rings is 2. The molecule has 0 radical (unpaired) electrons. The molecule has 0 aliphatic heterocycles. The van der Waals surface area contributed by atoms with Crippen LogP contribution in [0.4, 0.5) is 5.82 Å². The quantitative estimate of drug-likeness (QED) is 0.850. The van der Waals surface area contributed by atoms with E-state index in [9.17, 15) is 0 Å². The van der Waals surface area contributed by atoms with Gasteiger partial charge in [-0.15, -0.1) is 0 Å². The molecule has 2 aromatic heterocycles. The molecule has 0 aliphatic carbocycles. The molecule has 3 heteroatoms. The minimum atomic E-state index is 0.558. The number of hydrogen-bond donors (Lipinski definition) is 1. The molecule has 0 aromatic carbocycles. The van der Waals surface area contributed by atoms with Crippen LogP contribution in [0.15, 0.2) is 36.7 Å². The van der Waals surface area contributed by atoms with Crippen molar-refractivity contribution < 1.29 is 0 Å². The average Bonchev–Trinajstić information content (AvgIpc) is 2.30. The van der Waals surface area contributed by atoms with Crippen molar-refractivity contribution in [2.24, 2.45) is 0 Å². The second-order valence-electron chi connectivity index (χ2n) is 3.78. The van der Waals surface area contributed by atoms with Gasteiger partial charge in [0.15, 0.2) is 0 Å². The molecule has 0 fully saturated rings. The van der Waals surface area contributed by atoms with Gasteiger partial charge in [0.25, 0.3) is 0 Å². The second kappa shape index (κ2) is 4.75. The molecule has 0 amide bonds. The number of nitrogens with two attached hydrogens (primary N) is 1. The van der Waals surface area contributed by atoms with Gasteiger partial charge in [-0.1, -0.05) is 13.0 Å². The molecule has 0 unspecified atom stereocenters. The molecule has 0 saturated carbocycles. The summed E-state index contributed by atoms with van der Waals surface area (Å²) in [5.41, 5.74) is 9.09. The third-order valence-corrected chi connectivity index (χ3v) is 2.52. The molecule has 0 atom stereocenters. The van der Waals surface area contributed by atoms with Crippen molar-refractivity contribution in [2.75, 3.05) is 5.73 Å². The molecule has 0 bridgehead atoms. The van der Waals surface area contributed by atoms with Crippen molar-refractivity contribution in [3.63, 3.8) is 0 Å². The van der Waals surface area contributed by atoms with Gasteiger partial charge in [0.2, 0.25) is 0 Å². The fraction of sp³-hybridized carbons (Fsp3) is 0.231. The highest BCUT2D eigenvalue weighted by molar-refractivity contribution is 5.34. The smallest absolute Gasteiger partial charge is 0.123 e. The van der Waals surface area contributed by atoms with E-state index in [-0.39, 0.29) is 0 Å². The van der Waals surface area contributed by atoms with Crippen molar-refractivity contribution in [3.05, 3.63) is 53.5 Å². The minimum absolute atomic E-state index is 0.558. The molecule has 2 rings (SSSR count). The number of rotatable bonds is 3. The highest BCUT2D eigenvalue weighted by Crippen LogP contribution is 2.09. The summed E-state index contributed by atoms with van der Waals surface area (Å²) >= 11 is 0. The second-order valence-corrected chi connectivity index (χ2v) is 3.78. The molecule has 2 aromatic rings. The van der Waals surface area contributed by atoms with Crippen LogP contribution in [0.25, 0.3) is 0 Å². The van der Waals surface area contributed by atoms with E-state index in [0.717, 1.165) is 24.1 Å². The summed E-state index contributed by atoms with van der Waals surface area (Å²) in [6.45, 7) is 2.13. The predicted octanol–water partition coefficient (Wildman–Crippen LogP) is 2.21. The molecule has 2 N–H and O–H groups in total. The molecule has 0 spiro atoms. The van der Waals surface area contributed by atoms with Gasteiger partial charge in [-0.3, -0.25) is 4.98 Å². The SMILES string of the molecule is CCc1ccc(Cc2ccnc(N)c2)nc1. The van der Waals surface area contributed by atoms with Crippen LogP contribution < -0.4 is 5.73 Å². The molecular formula is C13H15N3. The maximum Gasteiger partial charge on any atom is 0.123 e. The standard InChI is InChI=1S/C13H15N3/c1-2-10-3-4-12(16-9-10)7-11-5-6-15-13(14)8-11/h3-6,8-9H,2,7H2,1H3,(H2,14,15). The van der Waals surface area contributed by atoms with Crippen LogP contribution in [0.3, 0.4) is 0 Å². The Kier molecular flexibility index (Phi) is 3.15. The van der Waals surface area contributed by atoms with E-state index in [4.69, 9.17) is 5.73 Å². The first-order valence-corrected chi connectivity index (χ1v) is 5.42. The highest BCUT2D eigenvalue weighted by Gasteiger charge is 1.99. The largest absolute Gasteiger partial charge is 0.384 e. The summed E-state index contributed by atoms with van der Waals surface area (Å²) in [4.78, 5) is 8.38. The van der Waals surface area contributed by atoms with E-state index in [0.29, 0.717) is 5.82 Å². The van der Waals surface area contributed by atoms with E-state index in [2.05, 4.69) is 29.0 Å². The van der Waals surface area contributed by atoms with E-state index < -0.39 is 0 Å². The van der Waals surface area contributed by atoms with Crippen molar-refractivity contribution in [1.82, 2.24) is 9.97 Å². The Balaban J connectivity index is 2.14. The molecule has 0 saturated heterocycles. The Morgan fingerprint density at radius 1 is 1.12 bits per heavy atom. The van der Waals surface area contributed by atoms with Gasteiger partial charge in [-0.2, -0.15) is 0 Å². The highest BCUT2D eigenvalue weighted by atomic mass is 14.8. The zero-order valence-electron chi connectivity index (χ0n) is 9.35. The van der Waals surface area contributed by atoms with E-state index in [1.54, 1.807) is 6.20 Å². The summed E-state index contributed by atoms with van der Waals surface area (Å²) in [5.74, 6) is 0.558. The number of hydrogen-bond acceptors (Lipinski definition) is 3. The number of nitrogens with zero attached hydrogens (tertiary/aromatic N) is 2. The van der Waals surface area contributed by atoms with Gasteiger partial charge in [0, 0.05) is 24.5 Å². The van der Waals surface area contributed by atoms with Crippen molar-refractivity contribution in [1.29, 1.82) is 0 Å². The maximum absolute atomic E-state index is 5.63. The third-order valence-electron chi connectivity index (χ3n) is 2.52. The zero-order chi connectivity index (χ0) is 11.4. The van der Waals surface area contributed by atoms with Gasteiger partial charge in [0.1, 0.15) is 5.82 Å². The van der Waals surface area contributed by atoms with Gasteiger partial charge in [-0.25, -0.2) is 4.98 Å². The Morgan fingerprint density at radius 2 is 2.00 bits per heavy atom. The van der Waals surface area contributed by atoms with Crippen LogP contribution in [0, 0.1) is 0 Å². The van der Waals surface area contributed by atoms with Crippen LogP contribution in [0.1, 0.15) is 23.7 Å². The predicted molar refractivity (Wildman–Crippen MR) is 65.1 cm³/mol. The zero-order valence-corrected chi connectivity index (χ0v) is 9.35. The van der Waals surface area contributed by atoms with E-state index >= 15 is 0 Å². The summed E-state index contributed by atoms with van der Waals surface area (Å²) in [6, 6.07) is 8.03. The first-order chi connectivity index (χ1) is 7.78. The van der Waals surface area contributed by atoms with Crippen LogP contribution >= 0.6 is 0 Å². The lowest BCUT2D eigenvalue weighted by atomic mass is 10.1. The monoisotopic (exact) mass is 213 g/mol. The summed E-state index contributed by atoms with van der Waals surface area (Å²) in [7, 11) is 0. The number of anilines is 1. The van der Waals surface area contributed by atoms with Crippen molar-refractivity contribution in [2.45, 2.75) is 19.8 Å². The van der Waals surface area contributed by atoms with Gasteiger partial charge in [0.05, 0.1) is 0 Å². The third kappa shape index (κ3) is 2.57. The fourth-order valence-corrected chi connectivity index (χ4v) is 1.58. The van der Waals surface area contributed by atoms with Crippen molar-refractivity contribution >= 4 is 5.82 Å². The van der Waals surface area contributed by atoms with Crippen molar-refractivity contribution in [3.8, 4) is 0 Å². The summed E-state index contributed by atoms with van der Waals surface area (Å²) in [5, 5.41) is 0. The Morgan fingerprint density at radius 3 is 2.62 bits per heavy atom. The van der Waals surface area contributed by atoms with Crippen LogP contribution in [-0.2, 0) is 12.8 Å².